The number of carbonyl (C=O) groups is 1. The predicted octanol–water partition coefficient (Wildman–Crippen LogP) is 2.49. The number of hydrogen-bond donors (Lipinski definition) is 2. The lowest BCUT2D eigenvalue weighted by atomic mass is 9.93. The van der Waals surface area contributed by atoms with Gasteiger partial charge in [0.25, 0.3) is 0 Å². The van der Waals surface area contributed by atoms with Gasteiger partial charge in [0.2, 0.25) is 5.91 Å². The number of carbonyl (C=O) groups excluding carboxylic acids is 1. The van der Waals surface area contributed by atoms with E-state index in [1.807, 2.05) is 18.2 Å². The fraction of sp³-hybridized carbons (Fsp3) is 0.533. The molecule has 1 saturated heterocycles. The minimum atomic E-state index is -0.511. The molecule has 3 N–H and O–H groups in total. The van der Waals surface area contributed by atoms with Crippen molar-refractivity contribution in [1.29, 1.82) is 0 Å². The van der Waals surface area contributed by atoms with Gasteiger partial charge < -0.3 is 15.7 Å². The Morgan fingerprint density at radius 2 is 2.15 bits per heavy atom. The third-order valence-electron chi connectivity index (χ3n) is 3.90. The van der Waals surface area contributed by atoms with Crippen molar-refractivity contribution in [2.45, 2.75) is 32.3 Å². The number of nitrogens with zero attached hydrogens (tertiary/aromatic N) is 1. The van der Waals surface area contributed by atoms with Gasteiger partial charge in [0, 0.05) is 19.5 Å². The van der Waals surface area contributed by atoms with Crippen molar-refractivity contribution in [1.82, 2.24) is 0 Å². The lowest BCUT2D eigenvalue weighted by Gasteiger charge is -2.34. The maximum atomic E-state index is 10.9. The van der Waals surface area contributed by atoms with Gasteiger partial charge in [-0.2, -0.15) is 0 Å². The Morgan fingerprint density at radius 1 is 1.50 bits per heavy atom. The molecule has 1 aromatic carbocycles. The summed E-state index contributed by atoms with van der Waals surface area (Å²) >= 11 is 6.30. The van der Waals surface area contributed by atoms with Gasteiger partial charge >= 0.3 is 0 Å². The van der Waals surface area contributed by atoms with E-state index in [-0.39, 0.29) is 5.91 Å². The van der Waals surface area contributed by atoms with Crippen LogP contribution < -0.4 is 10.6 Å². The average molecular weight is 297 g/mol. The summed E-state index contributed by atoms with van der Waals surface area (Å²) in [5, 5.41) is 10.2. The maximum Gasteiger partial charge on any atom is 0.217 e. The van der Waals surface area contributed by atoms with E-state index in [1.54, 1.807) is 6.92 Å². The molecule has 0 unspecified atom stereocenters. The zero-order chi connectivity index (χ0) is 14.7. The molecule has 4 nitrogen and oxygen atoms in total. The second-order valence-corrected chi connectivity index (χ2v) is 5.89. The van der Waals surface area contributed by atoms with Crippen molar-refractivity contribution in [3.8, 4) is 0 Å². The van der Waals surface area contributed by atoms with E-state index < -0.39 is 6.10 Å². The van der Waals surface area contributed by atoms with E-state index >= 15 is 0 Å². The minimum absolute atomic E-state index is 0.220. The smallest absolute Gasteiger partial charge is 0.217 e. The lowest BCUT2D eigenvalue weighted by molar-refractivity contribution is -0.119. The van der Waals surface area contributed by atoms with Gasteiger partial charge in [-0.3, -0.25) is 4.79 Å². The first-order valence-electron chi connectivity index (χ1n) is 6.98. The van der Waals surface area contributed by atoms with Crippen LogP contribution in [0.1, 0.15) is 37.9 Å². The fourth-order valence-corrected chi connectivity index (χ4v) is 3.01. The van der Waals surface area contributed by atoms with E-state index in [4.69, 9.17) is 17.3 Å². The van der Waals surface area contributed by atoms with Crippen LogP contribution in [0.4, 0.5) is 5.69 Å². The number of rotatable bonds is 4. The van der Waals surface area contributed by atoms with Crippen molar-refractivity contribution < 1.29 is 9.90 Å². The van der Waals surface area contributed by atoms with Crippen LogP contribution in [0.2, 0.25) is 5.02 Å². The number of amides is 1. The SMILES string of the molecule is C[C@H](O)c1ccc(N2CCC(CC(N)=O)CC2)c(Cl)c1. The molecule has 110 valence electrons. The van der Waals surface area contributed by atoms with Crippen LogP contribution in [0.3, 0.4) is 0 Å². The highest BCUT2D eigenvalue weighted by molar-refractivity contribution is 6.33. The van der Waals surface area contributed by atoms with Crippen molar-refractivity contribution in [2.75, 3.05) is 18.0 Å². The van der Waals surface area contributed by atoms with E-state index in [9.17, 15) is 9.90 Å². The van der Waals surface area contributed by atoms with Gasteiger partial charge in [0.15, 0.2) is 0 Å². The first kappa shape index (κ1) is 15.1. The monoisotopic (exact) mass is 296 g/mol. The van der Waals surface area contributed by atoms with Gasteiger partial charge in [-0.05, 0) is 43.4 Å². The number of anilines is 1. The second kappa shape index (κ2) is 6.46. The summed E-state index contributed by atoms with van der Waals surface area (Å²) in [5.74, 6) is 0.169. The zero-order valence-corrected chi connectivity index (χ0v) is 12.4. The van der Waals surface area contributed by atoms with Crippen molar-refractivity contribution in [3.05, 3.63) is 28.8 Å². The highest BCUT2D eigenvalue weighted by Gasteiger charge is 2.22. The largest absolute Gasteiger partial charge is 0.389 e. The van der Waals surface area contributed by atoms with Crippen molar-refractivity contribution in [2.24, 2.45) is 11.7 Å². The first-order valence-corrected chi connectivity index (χ1v) is 7.36. The quantitative estimate of drug-likeness (QED) is 0.897. The Morgan fingerprint density at radius 3 is 2.65 bits per heavy atom. The Bertz CT molecular complexity index is 483. The van der Waals surface area contributed by atoms with Crippen LogP contribution in [-0.4, -0.2) is 24.1 Å². The van der Waals surface area contributed by atoms with E-state index in [0.717, 1.165) is 37.2 Å². The summed E-state index contributed by atoms with van der Waals surface area (Å²) in [5.41, 5.74) is 7.06. The second-order valence-electron chi connectivity index (χ2n) is 5.49. The number of hydrogen-bond acceptors (Lipinski definition) is 3. The van der Waals surface area contributed by atoms with Crippen LogP contribution in [0.15, 0.2) is 18.2 Å². The fourth-order valence-electron chi connectivity index (χ4n) is 2.70. The van der Waals surface area contributed by atoms with Crippen molar-refractivity contribution >= 4 is 23.2 Å². The van der Waals surface area contributed by atoms with E-state index in [2.05, 4.69) is 4.90 Å². The normalized spacial score (nSPS) is 18.1. The first-order chi connectivity index (χ1) is 9.47. The van der Waals surface area contributed by atoms with Gasteiger partial charge in [-0.15, -0.1) is 0 Å². The minimum Gasteiger partial charge on any atom is -0.389 e. The molecule has 5 heteroatoms. The number of piperidine rings is 1. The molecule has 0 saturated carbocycles. The molecule has 1 heterocycles. The summed E-state index contributed by atoms with van der Waals surface area (Å²) in [7, 11) is 0. The third-order valence-corrected chi connectivity index (χ3v) is 4.20. The summed E-state index contributed by atoms with van der Waals surface area (Å²) in [6.07, 6.45) is 1.88. The number of aliphatic hydroxyl groups excluding tert-OH is 1. The number of halogens is 1. The number of nitrogens with two attached hydrogens (primary N) is 1. The number of aliphatic hydroxyl groups is 1. The summed E-state index contributed by atoms with van der Waals surface area (Å²) in [6, 6.07) is 5.68. The number of benzene rings is 1. The highest BCUT2D eigenvalue weighted by Crippen LogP contribution is 2.32. The summed E-state index contributed by atoms with van der Waals surface area (Å²) in [6.45, 7) is 3.48. The molecule has 0 bridgehead atoms. The van der Waals surface area contributed by atoms with Crippen LogP contribution in [0.5, 0.6) is 0 Å². The molecule has 0 aliphatic carbocycles. The molecular formula is C15H21ClN2O2. The average Bonchev–Trinajstić information content (AvgIpc) is 2.39. The molecular weight excluding hydrogens is 276 g/mol. The Balaban J connectivity index is 2.02. The van der Waals surface area contributed by atoms with Gasteiger partial charge in [0.05, 0.1) is 16.8 Å². The molecule has 20 heavy (non-hydrogen) atoms. The molecule has 1 aliphatic heterocycles. The van der Waals surface area contributed by atoms with E-state index in [1.165, 1.54) is 0 Å². The van der Waals surface area contributed by atoms with E-state index in [0.29, 0.717) is 17.4 Å². The molecule has 0 radical (unpaired) electrons. The molecule has 1 aromatic rings. The molecule has 1 amide bonds. The maximum absolute atomic E-state index is 10.9. The molecule has 0 spiro atoms. The Kier molecular flexibility index (Phi) is 4.89. The van der Waals surface area contributed by atoms with Gasteiger partial charge in [-0.1, -0.05) is 17.7 Å². The molecule has 2 rings (SSSR count). The summed E-state index contributed by atoms with van der Waals surface area (Å²) < 4.78 is 0. The van der Waals surface area contributed by atoms with Gasteiger partial charge in [-0.25, -0.2) is 0 Å². The zero-order valence-electron chi connectivity index (χ0n) is 11.7. The van der Waals surface area contributed by atoms with Crippen LogP contribution in [-0.2, 0) is 4.79 Å². The predicted molar refractivity (Wildman–Crippen MR) is 80.8 cm³/mol. The van der Waals surface area contributed by atoms with Crippen molar-refractivity contribution in [3.63, 3.8) is 0 Å². The Labute approximate surface area is 124 Å². The lowest BCUT2D eigenvalue weighted by Crippen LogP contribution is -2.35. The Hall–Kier alpha value is -1.26. The van der Waals surface area contributed by atoms with Crippen LogP contribution in [0, 0.1) is 5.92 Å². The van der Waals surface area contributed by atoms with Crippen LogP contribution >= 0.6 is 11.6 Å². The molecule has 1 atom stereocenters. The number of primary amides is 1. The molecule has 0 aromatic heterocycles. The summed E-state index contributed by atoms with van der Waals surface area (Å²) in [4.78, 5) is 13.2. The topological polar surface area (TPSA) is 66.6 Å². The highest BCUT2D eigenvalue weighted by atomic mass is 35.5. The standard InChI is InChI=1S/C15H21ClN2O2/c1-10(19)12-2-3-14(13(16)9-12)18-6-4-11(5-7-18)8-15(17)20/h2-3,9-11,19H,4-8H2,1H3,(H2,17,20)/t10-/m0/s1. The third kappa shape index (κ3) is 3.64. The molecule has 1 fully saturated rings. The molecule has 1 aliphatic rings. The van der Waals surface area contributed by atoms with Gasteiger partial charge in [0.1, 0.15) is 0 Å². The van der Waals surface area contributed by atoms with Crippen LogP contribution in [0.25, 0.3) is 0 Å².